The van der Waals surface area contributed by atoms with Crippen LogP contribution in [-0.2, 0) is 0 Å². The van der Waals surface area contributed by atoms with Crippen molar-refractivity contribution in [3.63, 3.8) is 0 Å². The van der Waals surface area contributed by atoms with Gasteiger partial charge in [0, 0.05) is 5.38 Å². The molecule has 0 saturated heterocycles. The summed E-state index contributed by atoms with van der Waals surface area (Å²) in [6.07, 6.45) is 5.30. The van der Waals surface area contributed by atoms with Crippen molar-refractivity contribution in [2.45, 2.75) is 13.0 Å². The van der Waals surface area contributed by atoms with Gasteiger partial charge in [-0.3, -0.25) is 5.32 Å². The maximum Gasteiger partial charge on any atom is 0.112 e. The molecule has 0 aliphatic heterocycles. The van der Waals surface area contributed by atoms with Crippen molar-refractivity contribution in [1.82, 2.24) is 10.3 Å². The van der Waals surface area contributed by atoms with Gasteiger partial charge in [-0.15, -0.1) is 17.8 Å². The summed E-state index contributed by atoms with van der Waals surface area (Å²) in [7, 11) is 0. The first-order chi connectivity index (χ1) is 5.38. The SMILES string of the molecule is C#CC(NCC)c1cscn1. The molecule has 11 heavy (non-hydrogen) atoms. The van der Waals surface area contributed by atoms with E-state index in [1.807, 2.05) is 12.3 Å². The number of hydrogen-bond donors (Lipinski definition) is 1. The zero-order valence-electron chi connectivity index (χ0n) is 6.37. The highest BCUT2D eigenvalue weighted by Gasteiger charge is 2.06. The van der Waals surface area contributed by atoms with Crippen molar-refractivity contribution < 1.29 is 0 Å². The lowest BCUT2D eigenvalue weighted by atomic mass is 10.2. The van der Waals surface area contributed by atoms with Gasteiger partial charge in [0.05, 0.1) is 11.2 Å². The Kier molecular flexibility index (Phi) is 3.09. The molecule has 1 unspecified atom stereocenters. The fraction of sp³-hybridized carbons (Fsp3) is 0.375. The molecule has 1 heterocycles. The topological polar surface area (TPSA) is 24.9 Å². The molecule has 0 amide bonds. The van der Waals surface area contributed by atoms with Crippen LogP contribution in [-0.4, -0.2) is 11.5 Å². The standard InChI is InChI=1S/C8H10N2S/c1-3-7(9-4-2)8-5-11-6-10-8/h1,5-7,9H,4H2,2H3. The van der Waals surface area contributed by atoms with E-state index in [2.05, 4.69) is 16.2 Å². The van der Waals surface area contributed by atoms with Crippen molar-refractivity contribution >= 4 is 11.3 Å². The summed E-state index contributed by atoms with van der Waals surface area (Å²) in [6.45, 7) is 2.89. The summed E-state index contributed by atoms with van der Waals surface area (Å²) in [5, 5.41) is 5.11. The normalized spacial score (nSPS) is 12.4. The van der Waals surface area contributed by atoms with Crippen molar-refractivity contribution in [2.75, 3.05) is 6.54 Å². The molecule has 0 aliphatic rings. The molecule has 3 heteroatoms. The number of aromatic nitrogens is 1. The van der Waals surface area contributed by atoms with E-state index in [0.29, 0.717) is 0 Å². The smallest absolute Gasteiger partial charge is 0.112 e. The summed E-state index contributed by atoms with van der Waals surface area (Å²) in [4.78, 5) is 4.12. The Morgan fingerprint density at radius 1 is 1.91 bits per heavy atom. The Bertz CT molecular complexity index is 235. The number of rotatable bonds is 3. The number of hydrogen-bond acceptors (Lipinski definition) is 3. The molecule has 58 valence electrons. The summed E-state index contributed by atoms with van der Waals surface area (Å²) < 4.78 is 0. The minimum Gasteiger partial charge on any atom is -0.299 e. The van der Waals surface area contributed by atoms with Crippen molar-refractivity contribution in [1.29, 1.82) is 0 Å². The highest BCUT2D eigenvalue weighted by atomic mass is 32.1. The first-order valence-corrected chi connectivity index (χ1v) is 4.40. The summed E-state index contributed by atoms with van der Waals surface area (Å²) in [6, 6.07) is -0.0220. The van der Waals surface area contributed by atoms with Crippen molar-refractivity contribution in [3.8, 4) is 12.3 Å². The molecule has 2 nitrogen and oxygen atoms in total. The van der Waals surface area contributed by atoms with Crippen LogP contribution >= 0.6 is 11.3 Å². The van der Waals surface area contributed by atoms with Gasteiger partial charge in [0.2, 0.25) is 0 Å². The lowest BCUT2D eigenvalue weighted by Gasteiger charge is -2.06. The molecule has 1 aromatic heterocycles. The molecule has 0 bridgehead atoms. The van der Waals surface area contributed by atoms with Crippen LogP contribution in [0.1, 0.15) is 18.7 Å². The summed E-state index contributed by atoms with van der Waals surface area (Å²) in [5.74, 6) is 2.64. The van der Waals surface area contributed by atoms with Gasteiger partial charge in [0.15, 0.2) is 0 Å². The Morgan fingerprint density at radius 3 is 3.18 bits per heavy atom. The van der Waals surface area contributed by atoms with E-state index in [0.717, 1.165) is 12.2 Å². The second kappa shape index (κ2) is 4.12. The van der Waals surface area contributed by atoms with Crippen LogP contribution in [0, 0.1) is 12.3 Å². The van der Waals surface area contributed by atoms with E-state index >= 15 is 0 Å². The van der Waals surface area contributed by atoms with E-state index in [4.69, 9.17) is 6.42 Å². The predicted octanol–water partition coefficient (Wildman–Crippen LogP) is 1.43. The minimum atomic E-state index is -0.0220. The lowest BCUT2D eigenvalue weighted by molar-refractivity contribution is 0.652. The van der Waals surface area contributed by atoms with Gasteiger partial charge in [-0.05, 0) is 6.54 Å². The van der Waals surface area contributed by atoms with Crippen LogP contribution in [0.25, 0.3) is 0 Å². The van der Waals surface area contributed by atoms with Gasteiger partial charge in [-0.1, -0.05) is 12.8 Å². The number of nitrogens with one attached hydrogen (secondary N) is 1. The average molecular weight is 166 g/mol. The molecule has 0 saturated carbocycles. The average Bonchev–Trinajstić information content (AvgIpc) is 2.52. The van der Waals surface area contributed by atoms with Crippen molar-refractivity contribution in [3.05, 3.63) is 16.6 Å². The zero-order valence-corrected chi connectivity index (χ0v) is 7.19. The Hall–Kier alpha value is -0.850. The second-order valence-electron chi connectivity index (χ2n) is 2.07. The molecule has 1 aromatic rings. The van der Waals surface area contributed by atoms with Gasteiger partial charge >= 0.3 is 0 Å². The van der Waals surface area contributed by atoms with Crippen molar-refractivity contribution in [2.24, 2.45) is 0 Å². The van der Waals surface area contributed by atoms with Crippen LogP contribution < -0.4 is 5.32 Å². The third kappa shape index (κ3) is 2.04. The molecular formula is C8H10N2S. The molecule has 1 rings (SSSR count). The van der Waals surface area contributed by atoms with Crippen LogP contribution in [0.15, 0.2) is 10.9 Å². The maximum absolute atomic E-state index is 5.30. The number of thiazole rings is 1. The monoisotopic (exact) mass is 166 g/mol. The molecule has 0 aliphatic carbocycles. The third-order valence-corrected chi connectivity index (χ3v) is 1.93. The first-order valence-electron chi connectivity index (χ1n) is 3.46. The molecule has 1 N–H and O–H groups in total. The third-order valence-electron chi connectivity index (χ3n) is 1.32. The summed E-state index contributed by atoms with van der Waals surface area (Å²) >= 11 is 1.56. The van der Waals surface area contributed by atoms with Gasteiger partial charge in [-0.25, -0.2) is 4.98 Å². The fourth-order valence-corrected chi connectivity index (χ4v) is 1.40. The van der Waals surface area contributed by atoms with Gasteiger partial charge < -0.3 is 0 Å². The highest BCUT2D eigenvalue weighted by Crippen LogP contribution is 2.10. The Morgan fingerprint density at radius 2 is 2.73 bits per heavy atom. The van der Waals surface area contributed by atoms with Gasteiger partial charge in [-0.2, -0.15) is 0 Å². The molecular weight excluding hydrogens is 156 g/mol. The van der Waals surface area contributed by atoms with Crippen LogP contribution in [0.2, 0.25) is 0 Å². The lowest BCUT2D eigenvalue weighted by Crippen LogP contribution is -2.19. The maximum atomic E-state index is 5.30. The molecule has 0 spiro atoms. The van der Waals surface area contributed by atoms with E-state index in [1.54, 1.807) is 16.8 Å². The molecule has 0 aromatic carbocycles. The highest BCUT2D eigenvalue weighted by molar-refractivity contribution is 7.07. The second-order valence-corrected chi connectivity index (χ2v) is 2.79. The van der Waals surface area contributed by atoms with E-state index < -0.39 is 0 Å². The van der Waals surface area contributed by atoms with Gasteiger partial charge in [0.25, 0.3) is 0 Å². The van der Waals surface area contributed by atoms with Crippen LogP contribution in [0.4, 0.5) is 0 Å². The number of terminal acetylenes is 1. The van der Waals surface area contributed by atoms with Crippen LogP contribution in [0.5, 0.6) is 0 Å². The van der Waals surface area contributed by atoms with E-state index in [1.165, 1.54) is 0 Å². The van der Waals surface area contributed by atoms with E-state index in [-0.39, 0.29) is 6.04 Å². The summed E-state index contributed by atoms with van der Waals surface area (Å²) in [5.41, 5.74) is 2.73. The van der Waals surface area contributed by atoms with E-state index in [9.17, 15) is 0 Å². The largest absolute Gasteiger partial charge is 0.299 e. The Balaban J connectivity index is 2.65. The molecule has 1 atom stereocenters. The number of nitrogens with zero attached hydrogens (tertiary/aromatic N) is 1. The molecule has 0 fully saturated rings. The first kappa shape index (κ1) is 8.25. The fourth-order valence-electron chi connectivity index (χ4n) is 0.817. The molecule has 0 radical (unpaired) electrons. The zero-order chi connectivity index (χ0) is 8.10. The predicted molar refractivity (Wildman–Crippen MR) is 47.4 cm³/mol. The minimum absolute atomic E-state index is 0.0220. The Labute approximate surface area is 70.7 Å². The van der Waals surface area contributed by atoms with Crippen LogP contribution in [0.3, 0.4) is 0 Å². The quantitative estimate of drug-likeness (QED) is 0.687. The van der Waals surface area contributed by atoms with Gasteiger partial charge in [0.1, 0.15) is 6.04 Å².